The number of fused-ring (bicyclic) bond motifs is 3. The van der Waals surface area contributed by atoms with Crippen LogP contribution in [0.3, 0.4) is 0 Å². The highest BCUT2D eigenvalue weighted by Gasteiger charge is 2.40. The highest BCUT2D eigenvalue weighted by Crippen LogP contribution is 2.41. The number of piperidine rings is 1. The minimum Gasteiger partial charge on any atom is -0.487 e. The van der Waals surface area contributed by atoms with Crippen LogP contribution in [0.4, 0.5) is 5.69 Å². The molecule has 0 unspecified atom stereocenters. The Labute approximate surface area is 299 Å². The van der Waals surface area contributed by atoms with Crippen molar-refractivity contribution < 1.29 is 37.4 Å². The molecule has 2 amide bonds. The molecule has 1 saturated heterocycles. The number of carbonyl (C=O) groups is 3. The summed E-state index contributed by atoms with van der Waals surface area (Å²) in [6, 6.07) is 10.7. The molecular weight excluding hydrogens is 682 g/mol. The average molecular weight is 728 g/mol. The van der Waals surface area contributed by atoms with Crippen molar-refractivity contribution in [3.05, 3.63) is 70.3 Å². The molecule has 3 heterocycles. The second-order valence-electron chi connectivity index (χ2n) is 13.9. The molecule has 6 rings (SSSR count). The number of hydrogen-bond donors (Lipinski definition) is 2. The molecule has 2 fully saturated rings. The Kier molecular flexibility index (Phi) is 11.4. The first-order valence-corrected chi connectivity index (χ1v) is 19.5. The topological polar surface area (TPSA) is 143 Å². The number of likely N-dealkylation sites (tertiary alicyclic amines) is 1. The van der Waals surface area contributed by atoms with Crippen LogP contribution in [-0.4, -0.2) is 80.9 Å². The maximum absolute atomic E-state index is 13.9. The van der Waals surface area contributed by atoms with E-state index in [0.29, 0.717) is 49.0 Å². The number of benzene rings is 2. The van der Waals surface area contributed by atoms with Gasteiger partial charge in [0.2, 0.25) is 15.9 Å². The van der Waals surface area contributed by atoms with Crippen molar-refractivity contribution in [2.75, 3.05) is 38.2 Å². The monoisotopic (exact) mass is 727 g/mol. The standard InChI is InChI=1S/C37H46ClN3O8S/c1-48-37(45)24-15-18-40(19-16-24)36(44)34-8-3-2-7-32(42)30-13-10-27(30)22-41-17-5-4-6-25-20-29(38)12-9-28(25)23-49-33-14-11-26(21-31(33)41)35(43)39-50(34,46)47/h2,7,9,11-12,14,20-21,24,27,30,32,34,42H,3-6,8,10,13,15-19,22-23H2,1H3,(H,39,43)/b7-2+/t27-,30+,32-,34+/m0/s1. The number of rotatable bonds is 2. The van der Waals surface area contributed by atoms with Gasteiger partial charge in [-0.15, -0.1) is 0 Å². The van der Waals surface area contributed by atoms with E-state index in [9.17, 15) is 27.9 Å². The van der Waals surface area contributed by atoms with Crippen LogP contribution in [0.25, 0.3) is 0 Å². The van der Waals surface area contributed by atoms with Crippen LogP contribution in [0.1, 0.15) is 72.9 Å². The molecule has 13 heteroatoms. The van der Waals surface area contributed by atoms with Crippen LogP contribution >= 0.6 is 11.6 Å². The summed E-state index contributed by atoms with van der Waals surface area (Å²) in [6.45, 7) is 2.03. The smallest absolute Gasteiger partial charge is 0.308 e. The van der Waals surface area contributed by atoms with Gasteiger partial charge in [0.1, 0.15) is 12.4 Å². The van der Waals surface area contributed by atoms with Crippen molar-refractivity contribution in [2.24, 2.45) is 17.8 Å². The molecule has 11 nitrogen and oxygen atoms in total. The number of anilines is 1. The van der Waals surface area contributed by atoms with E-state index in [2.05, 4.69) is 9.62 Å². The van der Waals surface area contributed by atoms with Crippen molar-refractivity contribution in [2.45, 2.75) is 75.7 Å². The zero-order valence-electron chi connectivity index (χ0n) is 28.4. The van der Waals surface area contributed by atoms with E-state index in [-0.39, 0.29) is 55.2 Å². The molecule has 3 aliphatic heterocycles. The van der Waals surface area contributed by atoms with Gasteiger partial charge >= 0.3 is 5.97 Å². The van der Waals surface area contributed by atoms with Gasteiger partial charge in [-0.3, -0.25) is 14.4 Å². The Balaban J connectivity index is 1.32. The quantitative estimate of drug-likeness (QED) is 0.334. The number of nitrogens with one attached hydrogen (secondary N) is 1. The van der Waals surface area contributed by atoms with Crippen LogP contribution in [0.5, 0.6) is 5.75 Å². The molecule has 4 atom stereocenters. The number of allylic oxidation sites excluding steroid dienone is 1. The number of ether oxygens (including phenoxy) is 2. The van der Waals surface area contributed by atoms with Gasteiger partial charge in [0.15, 0.2) is 5.25 Å². The summed E-state index contributed by atoms with van der Waals surface area (Å²) >= 11 is 6.32. The molecule has 2 aromatic carbocycles. The number of esters is 1. The molecule has 0 spiro atoms. The lowest BCUT2D eigenvalue weighted by atomic mass is 9.70. The Morgan fingerprint density at radius 2 is 1.80 bits per heavy atom. The molecule has 0 radical (unpaired) electrons. The summed E-state index contributed by atoms with van der Waals surface area (Å²) in [5, 5.41) is 10.3. The zero-order chi connectivity index (χ0) is 35.4. The van der Waals surface area contributed by atoms with Gasteiger partial charge in [0.25, 0.3) is 5.91 Å². The minimum absolute atomic E-state index is 0.0249. The van der Waals surface area contributed by atoms with Gasteiger partial charge < -0.3 is 24.4 Å². The van der Waals surface area contributed by atoms with Crippen molar-refractivity contribution in [1.29, 1.82) is 0 Å². The van der Waals surface area contributed by atoms with Crippen LogP contribution in [0.2, 0.25) is 5.02 Å². The summed E-state index contributed by atoms with van der Waals surface area (Å²) in [4.78, 5) is 43.2. The third-order valence-corrected chi connectivity index (χ3v) is 12.7. The summed E-state index contributed by atoms with van der Waals surface area (Å²) in [6.07, 6.45) is 8.02. The lowest BCUT2D eigenvalue weighted by Crippen LogP contribution is -2.51. The summed E-state index contributed by atoms with van der Waals surface area (Å²) in [5.74, 6) is -1.36. The number of methoxy groups -OCH3 is 1. The Morgan fingerprint density at radius 3 is 2.54 bits per heavy atom. The first-order valence-electron chi connectivity index (χ1n) is 17.6. The number of amides is 2. The lowest BCUT2D eigenvalue weighted by molar-refractivity contribution is -0.148. The Bertz CT molecular complexity index is 1720. The summed E-state index contributed by atoms with van der Waals surface area (Å²) in [7, 11) is -3.17. The van der Waals surface area contributed by atoms with Gasteiger partial charge in [0, 0.05) is 36.8 Å². The molecule has 1 saturated carbocycles. The molecular formula is C37H46ClN3O8S. The summed E-state index contributed by atoms with van der Waals surface area (Å²) in [5.41, 5.74) is 2.96. The third kappa shape index (κ3) is 8.13. The molecule has 4 aliphatic rings. The Morgan fingerprint density at radius 1 is 1.00 bits per heavy atom. The molecule has 2 bridgehead atoms. The van der Waals surface area contributed by atoms with Crippen molar-refractivity contribution in [3.63, 3.8) is 0 Å². The van der Waals surface area contributed by atoms with E-state index in [1.54, 1.807) is 30.4 Å². The molecule has 270 valence electrons. The van der Waals surface area contributed by atoms with Gasteiger partial charge in [-0.05, 0) is 111 Å². The second kappa shape index (κ2) is 15.7. The number of halogens is 1. The first kappa shape index (κ1) is 36.2. The average Bonchev–Trinajstić information content (AvgIpc) is 3.12. The predicted molar refractivity (Wildman–Crippen MR) is 189 cm³/mol. The molecule has 2 N–H and O–H groups in total. The van der Waals surface area contributed by atoms with Gasteiger partial charge in [-0.25, -0.2) is 13.1 Å². The molecule has 50 heavy (non-hydrogen) atoms. The predicted octanol–water partition coefficient (Wildman–Crippen LogP) is 4.64. The fourth-order valence-corrected chi connectivity index (χ4v) is 9.21. The zero-order valence-corrected chi connectivity index (χ0v) is 30.0. The number of hydrogen-bond acceptors (Lipinski definition) is 9. The SMILES string of the molecule is COC(=O)C1CCN(C(=O)[C@H]2CC/C=C/[C@H](O)[C@@H]3CC[C@H]3CN3CCCCc4cc(Cl)ccc4COc4ccc(cc43)C(=O)NS2(=O)=O)CC1. The van der Waals surface area contributed by atoms with Crippen LogP contribution < -0.4 is 14.4 Å². The molecule has 1 aliphatic carbocycles. The highest BCUT2D eigenvalue weighted by atomic mass is 35.5. The summed E-state index contributed by atoms with van der Waals surface area (Å²) < 4.78 is 41.2. The number of carbonyl (C=O) groups excluding carboxylic acids is 3. The maximum atomic E-state index is 13.9. The maximum Gasteiger partial charge on any atom is 0.308 e. The third-order valence-electron chi connectivity index (χ3n) is 10.8. The van der Waals surface area contributed by atoms with E-state index in [4.69, 9.17) is 21.1 Å². The fourth-order valence-electron chi connectivity index (χ4n) is 7.64. The van der Waals surface area contributed by atoms with E-state index >= 15 is 0 Å². The van der Waals surface area contributed by atoms with Crippen molar-refractivity contribution in [3.8, 4) is 5.75 Å². The van der Waals surface area contributed by atoms with Gasteiger partial charge in [-0.2, -0.15) is 0 Å². The molecule has 2 aromatic rings. The normalized spacial score (nSPS) is 26.8. The number of aryl methyl sites for hydroxylation is 1. The van der Waals surface area contributed by atoms with Crippen molar-refractivity contribution in [1.82, 2.24) is 9.62 Å². The largest absolute Gasteiger partial charge is 0.487 e. The minimum atomic E-state index is -4.49. The molecule has 0 aromatic heterocycles. The van der Waals surface area contributed by atoms with E-state index < -0.39 is 33.2 Å². The second-order valence-corrected chi connectivity index (χ2v) is 16.2. The first-order chi connectivity index (χ1) is 24.0. The van der Waals surface area contributed by atoms with E-state index in [1.165, 1.54) is 12.0 Å². The number of nitrogens with zero attached hydrogens (tertiary/aromatic N) is 2. The van der Waals surface area contributed by atoms with Gasteiger partial charge in [0.05, 0.1) is 24.8 Å². The van der Waals surface area contributed by atoms with E-state index in [0.717, 1.165) is 43.2 Å². The number of aliphatic hydroxyl groups excluding tert-OH is 1. The van der Waals surface area contributed by atoms with Crippen LogP contribution in [0, 0.1) is 17.8 Å². The van der Waals surface area contributed by atoms with E-state index in [1.807, 2.05) is 18.2 Å². The fraction of sp³-hybridized carbons (Fsp3) is 0.541. The van der Waals surface area contributed by atoms with Crippen LogP contribution in [0.15, 0.2) is 48.6 Å². The number of sulfonamides is 1. The highest BCUT2D eigenvalue weighted by molar-refractivity contribution is 7.91. The number of aliphatic hydroxyl groups is 1. The lowest BCUT2D eigenvalue weighted by Gasteiger charge is -2.42. The van der Waals surface area contributed by atoms with Crippen molar-refractivity contribution >= 4 is 45.1 Å². The van der Waals surface area contributed by atoms with Crippen LogP contribution in [-0.2, 0) is 37.4 Å². The van der Waals surface area contributed by atoms with Gasteiger partial charge in [-0.1, -0.05) is 29.8 Å². The Hall–Kier alpha value is -3.61.